The summed E-state index contributed by atoms with van der Waals surface area (Å²) in [6, 6.07) is 17.8. The van der Waals surface area contributed by atoms with Crippen LogP contribution in [0.2, 0.25) is 0 Å². The second-order valence-electron chi connectivity index (χ2n) is 9.94. The lowest BCUT2D eigenvalue weighted by Crippen LogP contribution is -2.20. The van der Waals surface area contributed by atoms with Crippen LogP contribution in [-0.4, -0.2) is 44.0 Å². The minimum Gasteiger partial charge on any atom is -0.383 e. The van der Waals surface area contributed by atoms with Gasteiger partial charge in [0.25, 0.3) is 0 Å². The number of methoxy groups -OCH3 is 1. The van der Waals surface area contributed by atoms with Gasteiger partial charge in [0, 0.05) is 63.0 Å². The average molecular weight is 488 g/mol. The van der Waals surface area contributed by atoms with Crippen molar-refractivity contribution >= 4 is 17.1 Å². The van der Waals surface area contributed by atoms with Gasteiger partial charge in [-0.15, -0.1) is 0 Å². The Bertz CT molecular complexity index is 1140. The van der Waals surface area contributed by atoms with Gasteiger partial charge in [-0.25, -0.2) is 0 Å². The number of nitrogens with zero attached hydrogens (tertiary/aromatic N) is 2. The number of nitrogens with one attached hydrogen (secondary N) is 1. The van der Waals surface area contributed by atoms with Crippen LogP contribution in [0.25, 0.3) is 0 Å². The molecule has 1 fully saturated rings. The summed E-state index contributed by atoms with van der Waals surface area (Å²) in [5, 5.41) is 13.7. The Kier molecular flexibility index (Phi) is 7.85. The van der Waals surface area contributed by atoms with Crippen LogP contribution in [0.3, 0.4) is 0 Å². The first-order chi connectivity index (χ1) is 17.6. The molecule has 36 heavy (non-hydrogen) atoms. The molecular formula is C30H37N3O3. The van der Waals surface area contributed by atoms with Gasteiger partial charge in [-0.1, -0.05) is 18.2 Å². The zero-order valence-electron chi connectivity index (χ0n) is 21.3. The molecule has 0 radical (unpaired) electrons. The maximum absolute atomic E-state index is 10.2. The molecule has 6 nitrogen and oxygen atoms in total. The van der Waals surface area contributed by atoms with E-state index in [4.69, 9.17) is 9.47 Å². The van der Waals surface area contributed by atoms with E-state index in [1.807, 2.05) is 0 Å². The highest BCUT2D eigenvalue weighted by atomic mass is 16.6. The first-order valence-electron chi connectivity index (χ1n) is 13.1. The summed E-state index contributed by atoms with van der Waals surface area (Å²) in [5.74, 6) is 1.03. The summed E-state index contributed by atoms with van der Waals surface area (Å²) in [5.41, 5.74) is 8.23. The molecule has 1 aromatic heterocycles. The third-order valence-electron chi connectivity index (χ3n) is 7.81. The average Bonchev–Trinajstić information content (AvgIpc) is 2.95. The second kappa shape index (κ2) is 11.4. The molecule has 1 unspecified atom stereocenters. The van der Waals surface area contributed by atoms with Crippen molar-refractivity contribution in [3.63, 3.8) is 0 Å². The Labute approximate surface area is 214 Å². The highest BCUT2D eigenvalue weighted by Gasteiger charge is 2.22. The second-order valence-corrected chi connectivity index (χ2v) is 9.94. The van der Waals surface area contributed by atoms with Gasteiger partial charge in [0.1, 0.15) is 0 Å². The largest absolute Gasteiger partial charge is 0.383 e. The molecule has 1 aliphatic heterocycles. The molecule has 1 aliphatic carbocycles. The lowest BCUT2D eigenvalue weighted by molar-refractivity contribution is -0.0764. The van der Waals surface area contributed by atoms with Crippen molar-refractivity contribution in [1.29, 1.82) is 0 Å². The van der Waals surface area contributed by atoms with E-state index < -0.39 is 6.29 Å². The summed E-state index contributed by atoms with van der Waals surface area (Å²) in [7, 11) is 3.65. The predicted octanol–water partition coefficient (Wildman–Crippen LogP) is 5.91. The lowest BCUT2D eigenvalue weighted by Gasteiger charge is -2.29. The molecule has 0 bridgehead atoms. The van der Waals surface area contributed by atoms with Gasteiger partial charge in [-0.2, -0.15) is 0 Å². The van der Waals surface area contributed by atoms with E-state index in [1.54, 1.807) is 18.5 Å². The van der Waals surface area contributed by atoms with Crippen molar-refractivity contribution in [2.24, 2.45) is 0 Å². The van der Waals surface area contributed by atoms with Gasteiger partial charge in [0.05, 0.1) is 11.9 Å². The minimum atomic E-state index is -0.960. The van der Waals surface area contributed by atoms with Crippen LogP contribution in [-0.2, 0) is 15.9 Å². The van der Waals surface area contributed by atoms with Gasteiger partial charge < -0.3 is 24.8 Å². The first kappa shape index (κ1) is 24.8. The number of hydrogen-bond acceptors (Lipinski definition) is 6. The van der Waals surface area contributed by atoms with Gasteiger partial charge in [0.2, 0.25) is 0 Å². The van der Waals surface area contributed by atoms with E-state index in [9.17, 15) is 5.11 Å². The van der Waals surface area contributed by atoms with E-state index in [0.717, 1.165) is 51.1 Å². The molecular weight excluding hydrogens is 450 g/mol. The topological polar surface area (TPSA) is 66.9 Å². The number of ether oxygens (including phenoxy) is 2. The number of anilines is 3. The smallest absolute Gasteiger partial charge is 0.182 e. The number of fused-ring (bicyclic) bond motifs is 1. The first-order valence-corrected chi connectivity index (χ1v) is 13.1. The van der Waals surface area contributed by atoms with Crippen molar-refractivity contribution in [3.8, 4) is 0 Å². The quantitative estimate of drug-likeness (QED) is 0.385. The Morgan fingerprint density at radius 2 is 1.86 bits per heavy atom. The van der Waals surface area contributed by atoms with Crippen LogP contribution in [0.15, 0.2) is 60.9 Å². The summed E-state index contributed by atoms with van der Waals surface area (Å²) in [6.45, 7) is 2.54. The number of aliphatic hydroxyl groups is 1. The zero-order valence-corrected chi connectivity index (χ0v) is 21.3. The van der Waals surface area contributed by atoms with E-state index in [2.05, 4.69) is 64.7 Å². The third-order valence-corrected chi connectivity index (χ3v) is 7.81. The van der Waals surface area contributed by atoms with Crippen molar-refractivity contribution in [2.75, 3.05) is 44.1 Å². The molecule has 6 heteroatoms. The molecule has 1 saturated heterocycles. The Morgan fingerprint density at radius 1 is 1.08 bits per heavy atom. The maximum atomic E-state index is 10.2. The highest BCUT2D eigenvalue weighted by Crippen LogP contribution is 2.36. The van der Waals surface area contributed by atoms with Crippen LogP contribution in [0.5, 0.6) is 0 Å². The fourth-order valence-corrected chi connectivity index (χ4v) is 5.60. The standard InChI is InChI=1S/C30H37N3O3/c1-33(25-8-6-21(7-9-25)22-13-16-36-17-14-22)26-10-11-27-23(18-26)4-3-5-24(27)19-32-29-20-31-15-12-28(29)30(34)35-2/h6-12,15,18,20,22,24,30,32,34H,3-5,13-14,16-17,19H2,1-2H3/t24-,30?/m0/s1. The third kappa shape index (κ3) is 5.41. The number of aryl methyl sites for hydroxylation is 1. The van der Waals surface area contributed by atoms with Crippen LogP contribution in [0.4, 0.5) is 17.1 Å². The maximum Gasteiger partial charge on any atom is 0.182 e. The molecule has 3 aromatic rings. The number of aromatic nitrogens is 1. The number of hydrogen-bond donors (Lipinski definition) is 2. The molecule has 0 spiro atoms. The monoisotopic (exact) mass is 487 g/mol. The van der Waals surface area contributed by atoms with Crippen molar-refractivity contribution in [2.45, 2.75) is 50.2 Å². The van der Waals surface area contributed by atoms with Gasteiger partial charge in [-0.3, -0.25) is 4.98 Å². The van der Waals surface area contributed by atoms with E-state index in [1.165, 1.54) is 41.6 Å². The van der Waals surface area contributed by atoms with Crippen molar-refractivity contribution < 1.29 is 14.6 Å². The number of pyridine rings is 1. The highest BCUT2D eigenvalue weighted by molar-refractivity contribution is 5.64. The number of benzene rings is 2. The summed E-state index contributed by atoms with van der Waals surface area (Å²) in [6.07, 6.45) is 8.13. The van der Waals surface area contributed by atoms with Crippen molar-refractivity contribution in [3.05, 3.63) is 83.2 Å². The molecule has 2 N–H and O–H groups in total. The molecule has 2 heterocycles. The molecule has 0 saturated carbocycles. The SMILES string of the molecule is COC(O)c1ccncc1NC[C@@H]1CCCc2cc(N(C)c3ccc(C4CCOCC4)cc3)ccc21. The van der Waals surface area contributed by atoms with E-state index in [0.29, 0.717) is 17.4 Å². The van der Waals surface area contributed by atoms with Gasteiger partial charge in [-0.05, 0) is 85.0 Å². The molecule has 0 amide bonds. The molecule has 2 aromatic carbocycles. The number of rotatable bonds is 8. The Hall–Kier alpha value is -2.93. The Morgan fingerprint density at radius 3 is 2.64 bits per heavy atom. The van der Waals surface area contributed by atoms with E-state index in [-0.39, 0.29) is 0 Å². The fourth-order valence-electron chi connectivity index (χ4n) is 5.60. The van der Waals surface area contributed by atoms with E-state index >= 15 is 0 Å². The van der Waals surface area contributed by atoms with Crippen molar-refractivity contribution in [1.82, 2.24) is 4.98 Å². The van der Waals surface area contributed by atoms with Crippen LogP contribution in [0, 0.1) is 0 Å². The summed E-state index contributed by atoms with van der Waals surface area (Å²) >= 11 is 0. The zero-order chi connectivity index (χ0) is 24.9. The molecule has 5 rings (SSSR count). The molecule has 190 valence electrons. The van der Waals surface area contributed by atoms with Gasteiger partial charge in [0.15, 0.2) is 6.29 Å². The lowest BCUT2D eigenvalue weighted by atomic mass is 9.82. The van der Waals surface area contributed by atoms with Crippen LogP contribution < -0.4 is 10.2 Å². The van der Waals surface area contributed by atoms with Crippen LogP contribution >= 0.6 is 0 Å². The normalized spacial score (nSPS) is 18.9. The molecule has 2 aliphatic rings. The van der Waals surface area contributed by atoms with Gasteiger partial charge >= 0.3 is 0 Å². The predicted molar refractivity (Wildman–Crippen MR) is 144 cm³/mol. The molecule has 2 atom stereocenters. The fraction of sp³-hybridized carbons (Fsp3) is 0.433. The Balaban J connectivity index is 1.28. The summed E-state index contributed by atoms with van der Waals surface area (Å²) < 4.78 is 10.6. The summed E-state index contributed by atoms with van der Waals surface area (Å²) in [4.78, 5) is 6.50. The number of aliphatic hydroxyl groups excluding tert-OH is 1. The van der Waals surface area contributed by atoms with Crippen LogP contribution in [0.1, 0.15) is 66.1 Å². The minimum absolute atomic E-state index is 0.416.